The molecular formula is C18H22O. The fourth-order valence-corrected chi connectivity index (χ4v) is 3.00. The molecule has 3 rings (SSSR count). The lowest BCUT2D eigenvalue weighted by atomic mass is 9.91. The van der Waals surface area contributed by atoms with E-state index in [0.29, 0.717) is 11.8 Å². The Labute approximate surface area is 116 Å². The van der Waals surface area contributed by atoms with Crippen molar-refractivity contribution in [2.75, 3.05) is 0 Å². The van der Waals surface area contributed by atoms with E-state index in [1.54, 1.807) is 0 Å². The number of fused-ring (bicyclic) bond motifs is 1. The highest BCUT2D eigenvalue weighted by Gasteiger charge is 2.35. The molecule has 2 atom stereocenters. The highest BCUT2D eigenvalue weighted by molar-refractivity contribution is 6.10. The van der Waals surface area contributed by atoms with Crippen LogP contribution < -0.4 is 0 Å². The quantitative estimate of drug-likeness (QED) is 0.692. The molecule has 0 aliphatic heterocycles. The van der Waals surface area contributed by atoms with Gasteiger partial charge in [0.25, 0.3) is 0 Å². The van der Waals surface area contributed by atoms with Crippen LogP contribution in [0.25, 0.3) is 0 Å². The second-order valence-corrected chi connectivity index (χ2v) is 5.01. The first kappa shape index (κ1) is 13.8. The summed E-state index contributed by atoms with van der Waals surface area (Å²) in [5, 5.41) is 0. The van der Waals surface area contributed by atoms with E-state index >= 15 is 0 Å². The summed E-state index contributed by atoms with van der Waals surface area (Å²) in [6.45, 7) is 6.26. The predicted octanol–water partition coefficient (Wildman–Crippen LogP) is 4.81. The second kappa shape index (κ2) is 6.01. The maximum absolute atomic E-state index is 12.4. The third-order valence-corrected chi connectivity index (χ3v) is 3.99. The fourth-order valence-electron chi connectivity index (χ4n) is 3.00. The van der Waals surface area contributed by atoms with Gasteiger partial charge >= 0.3 is 0 Å². The molecule has 2 aliphatic carbocycles. The van der Waals surface area contributed by atoms with Crippen LogP contribution in [0, 0.1) is 11.8 Å². The minimum atomic E-state index is 0.205. The Morgan fingerprint density at radius 3 is 2.42 bits per heavy atom. The molecule has 100 valence electrons. The molecule has 1 aromatic carbocycles. The molecule has 1 heteroatoms. The highest BCUT2D eigenvalue weighted by Crippen LogP contribution is 2.44. The molecule has 0 spiro atoms. The van der Waals surface area contributed by atoms with Crippen LogP contribution >= 0.6 is 0 Å². The minimum absolute atomic E-state index is 0.205. The Kier molecular flexibility index (Phi) is 4.36. The Hall–Kier alpha value is -1.63. The number of allylic oxidation sites excluding steroid dienone is 4. The Bertz CT molecular complexity index is 508. The number of hydrogen-bond acceptors (Lipinski definition) is 1. The summed E-state index contributed by atoms with van der Waals surface area (Å²) in [5.41, 5.74) is 3.27. The molecular weight excluding hydrogens is 232 g/mol. The van der Waals surface area contributed by atoms with Crippen LogP contribution in [0.1, 0.15) is 44.0 Å². The van der Waals surface area contributed by atoms with Gasteiger partial charge in [-0.1, -0.05) is 68.8 Å². The van der Waals surface area contributed by atoms with E-state index in [1.165, 1.54) is 12.0 Å². The van der Waals surface area contributed by atoms with Gasteiger partial charge in [0.2, 0.25) is 0 Å². The molecule has 1 saturated carbocycles. The van der Waals surface area contributed by atoms with Gasteiger partial charge in [0.15, 0.2) is 5.78 Å². The SMILES string of the molecule is CC.CC1CCC2C(C(=O)c3ccccc3)=CC=C12. The number of hydrogen-bond donors (Lipinski definition) is 0. The standard InChI is InChI=1S/C16H16O.C2H6/c1-11-7-8-14-13(11)9-10-15(14)16(17)12-5-3-2-4-6-12;1-2/h2-6,9-11,14H,7-8H2,1H3;1-2H3. The molecule has 2 unspecified atom stereocenters. The van der Waals surface area contributed by atoms with Crippen LogP contribution in [0.5, 0.6) is 0 Å². The van der Waals surface area contributed by atoms with Crippen molar-refractivity contribution in [1.82, 2.24) is 0 Å². The predicted molar refractivity (Wildman–Crippen MR) is 80.2 cm³/mol. The minimum Gasteiger partial charge on any atom is -0.289 e. The molecule has 19 heavy (non-hydrogen) atoms. The molecule has 0 heterocycles. The largest absolute Gasteiger partial charge is 0.289 e. The van der Waals surface area contributed by atoms with Gasteiger partial charge in [0.05, 0.1) is 0 Å². The fraction of sp³-hybridized carbons (Fsp3) is 0.389. The molecule has 1 nitrogen and oxygen atoms in total. The van der Waals surface area contributed by atoms with Crippen LogP contribution in [-0.2, 0) is 0 Å². The van der Waals surface area contributed by atoms with E-state index < -0.39 is 0 Å². The van der Waals surface area contributed by atoms with Crippen molar-refractivity contribution in [1.29, 1.82) is 0 Å². The molecule has 0 amide bonds. The van der Waals surface area contributed by atoms with Gasteiger partial charge in [-0.25, -0.2) is 0 Å². The summed E-state index contributed by atoms with van der Waals surface area (Å²) in [6.07, 6.45) is 6.55. The zero-order valence-electron chi connectivity index (χ0n) is 12.0. The number of Topliss-reactive ketones (excluding diaryl/α,β-unsaturated/α-hetero) is 1. The van der Waals surface area contributed by atoms with Crippen molar-refractivity contribution < 1.29 is 4.79 Å². The zero-order chi connectivity index (χ0) is 13.8. The Balaban J connectivity index is 0.000000637. The Morgan fingerprint density at radius 1 is 1.05 bits per heavy atom. The molecule has 0 bridgehead atoms. The Morgan fingerprint density at radius 2 is 1.74 bits per heavy atom. The van der Waals surface area contributed by atoms with Gasteiger partial charge in [-0.05, 0) is 18.8 Å². The van der Waals surface area contributed by atoms with Gasteiger partial charge in [0, 0.05) is 17.1 Å². The van der Waals surface area contributed by atoms with Crippen molar-refractivity contribution in [3.05, 3.63) is 59.2 Å². The molecule has 0 saturated heterocycles. The first-order chi connectivity index (χ1) is 9.27. The average molecular weight is 254 g/mol. The maximum Gasteiger partial charge on any atom is 0.189 e. The van der Waals surface area contributed by atoms with Gasteiger partial charge in [-0.15, -0.1) is 0 Å². The molecule has 0 N–H and O–H groups in total. The number of benzene rings is 1. The van der Waals surface area contributed by atoms with Gasteiger partial charge < -0.3 is 0 Å². The number of ketones is 1. The van der Waals surface area contributed by atoms with Gasteiger partial charge in [0.1, 0.15) is 0 Å². The summed E-state index contributed by atoms with van der Waals surface area (Å²) in [7, 11) is 0. The monoisotopic (exact) mass is 254 g/mol. The lowest BCUT2D eigenvalue weighted by Gasteiger charge is -2.12. The normalized spacial score (nSPS) is 23.9. The lowest BCUT2D eigenvalue weighted by Crippen LogP contribution is -2.10. The number of rotatable bonds is 2. The van der Waals surface area contributed by atoms with Crippen molar-refractivity contribution in [2.45, 2.75) is 33.6 Å². The zero-order valence-corrected chi connectivity index (χ0v) is 12.0. The number of carbonyl (C=O) groups is 1. The van der Waals surface area contributed by atoms with Gasteiger partial charge in [-0.2, -0.15) is 0 Å². The molecule has 0 radical (unpaired) electrons. The van der Waals surface area contributed by atoms with Crippen LogP contribution in [0.4, 0.5) is 0 Å². The van der Waals surface area contributed by atoms with Crippen LogP contribution in [-0.4, -0.2) is 5.78 Å². The van der Waals surface area contributed by atoms with Crippen molar-refractivity contribution in [3.63, 3.8) is 0 Å². The summed E-state index contributed by atoms with van der Waals surface area (Å²) < 4.78 is 0. The van der Waals surface area contributed by atoms with Crippen LogP contribution in [0.15, 0.2) is 53.6 Å². The maximum atomic E-state index is 12.4. The summed E-state index contributed by atoms with van der Waals surface area (Å²) in [5.74, 6) is 1.26. The van der Waals surface area contributed by atoms with Crippen molar-refractivity contribution >= 4 is 5.78 Å². The smallest absolute Gasteiger partial charge is 0.189 e. The van der Waals surface area contributed by atoms with Gasteiger partial charge in [-0.3, -0.25) is 4.79 Å². The van der Waals surface area contributed by atoms with Crippen molar-refractivity contribution in [2.24, 2.45) is 11.8 Å². The summed E-state index contributed by atoms with van der Waals surface area (Å²) in [4.78, 5) is 12.4. The number of carbonyl (C=O) groups excluding carboxylic acids is 1. The van der Waals surface area contributed by atoms with E-state index in [1.807, 2.05) is 50.3 Å². The third kappa shape index (κ3) is 2.56. The highest BCUT2D eigenvalue weighted by atomic mass is 16.1. The topological polar surface area (TPSA) is 17.1 Å². The summed E-state index contributed by atoms with van der Waals surface area (Å²) in [6, 6.07) is 9.60. The second-order valence-electron chi connectivity index (χ2n) is 5.01. The molecule has 2 aliphatic rings. The van der Waals surface area contributed by atoms with E-state index in [0.717, 1.165) is 17.6 Å². The lowest BCUT2D eigenvalue weighted by molar-refractivity contribution is 0.102. The van der Waals surface area contributed by atoms with E-state index in [4.69, 9.17) is 0 Å². The van der Waals surface area contributed by atoms with E-state index in [2.05, 4.69) is 13.0 Å². The first-order valence-electron chi connectivity index (χ1n) is 7.29. The summed E-state index contributed by atoms with van der Waals surface area (Å²) >= 11 is 0. The molecule has 1 aromatic rings. The van der Waals surface area contributed by atoms with E-state index in [-0.39, 0.29) is 5.78 Å². The van der Waals surface area contributed by atoms with Crippen LogP contribution in [0.2, 0.25) is 0 Å². The van der Waals surface area contributed by atoms with Crippen LogP contribution in [0.3, 0.4) is 0 Å². The molecule has 0 aromatic heterocycles. The third-order valence-electron chi connectivity index (χ3n) is 3.99. The first-order valence-corrected chi connectivity index (χ1v) is 7.29. The van der Waals surface area contributed by atoms with E-state index in [9.17, 15) is 4.79 Å². The molecule has 1 fully saturated rings. The van der Waals surface area contributed by atoms with Crippen molar-refractivity contribution in [3.8, 4) is 0 Å². The average Bonchev–Trinajstić information content (AvgIpc) is 3.05.